The van der Waals surface area contributed by atoms with E-state index < -0.39 is 46.6 Å². The van der Waals surface area contributed by atoms with Gasteiger partial charge in [-0.1, -0.05) is 44.7 Å². The van der Waals surface area contributed by atoms with Crippen molar-refractivity contribution in [1.29, 1.82) is 5.26 Å². The van der Waals surface area contributed by atoms with E-state index in [-0.39, 0.29) is 16.5 Å². The minimum atomic E-state index is -1.09. The van der Waals surface area contributed by atoms with Gasteiger partial charge >= 0.3 is 5.97 Å². The van der Waals surface area contributed by atoms with E-state index in [4.69, 9.17) is 16.3 Å². The Kier molecular flexibility index (Phi) is 8.55. The third-order valence-corrected chi connectivity index (χ3v) is 5.58. The SMILES string of the molecule is CC(C)[C@@H](NC(=O)c1ccc(Cl)c([N+](=O)[O-])c1)C(=O)OCC(=O)NC1(C#N)CCCCC1. The van der Waals surface area contributed by atoms with Gasteiger partial charge in [0.25, 0.3) is 17.5 Å². The molecule has 0 heterocycles. The number of carbonyl (C=O) groups is 3. The number of ether oxygens (including phenoxy) is 1. The zero-order valence-electron chi connectivity index (χ0n) is 17.9. The maximum Gasteiger partial charge on any atom is 0.329 e. The summed E-state index contributed by atoms with van der Waals surface area (Å²) in [7, 11) is 0. The van der Waals surface area contributed by atoms with Crippen LogP contribution in [0.1, 0.15) is 56.3 Å². The van der Waals surface area contributed by atoms with E-state index in [9.17, 15) is 29.8 Å². The molecule has 172 valence electrons. The Hall–Kier alpha value is -3.19. The van der Waals surface area contributed by atoms with Crippen LogP contribution in [0.25, 0.3) is 0 Å². The molecule has 1 aliphatic carbocycles. The summed E-state index contributed by atoms with van der Waals surface area (Å²) in [5.41, 5.74) is -1.43. The van der Waals surface area contributed by atoms with Crippen LogP contribution in [-0.2, 0) is 14.3 Å². The fourth-order valence-corrected chi connectivity index (χ4v) is 3.65. The number of nitrogens with one attached hydrogen (secondary N) is 2. The largest absolute Gasteiger partial charge is 0.454 e. The highest BCUT2D eigenvalue weighted by molar-refractivity contribution is 6.32. The van der Waals surface area contributed by atoms with Crippen molar-refractivity contribution in [2.75, 3.05) is 6.61 Å². The van der Waals surface area contributed by atoms with Crippen molar-refractivity contribution in [1.82, 2.24) is 10.6 Å². The fraction of sp³-hybridized carbons (Fsp3) is 0.524. The molecular formula is C21H25ClN4O6. The highest BCUT2D eigenvalue weighted by Gasteiger charge is 2.34. The topological polar surface area (TPSA) is 151 Å². The van der Waals surface area contributed by atoms with Gasteiger partial charge in [0.1, 0.15) is 16.6 Å². The lowest BCUT2D eigenvalue weighted by Crippen LogP contribution is -2.51. The molecule has 11 heteroatoms. The predicted octanol–water partition coefficient (Wildman–Crippen LogP) is 2.89. The molecule has 0 saturated heterocycles. The maximum atomic E-state index is 12.5. The summed E-state index contributed by atoms with van der Waals surface area (Å²) in [6.07, 6.45) is 3.75. The van der Waals surface area contributed by atoms with Crippen molar-refractivity contribution in [2.24, 2.45) is 5.92 Å². The number of nitro benzene ring substituents is 1. The van der Waals surface area contributed by atoms with Crippen molar-refractivity contribution < 1.29 is 24.0 Å². The molecule has 10 nitrogen and oxygen atoms in total. The molecule has 1 atom stereocenters. The van der Waals surface area contributed by atoms with Crippen molar-refractivity contribution in [3.05, 3.63) is 38.9 Å². The van der Waals surface area contributed by atoms with Gasteiger partial charge in [0.2, 0.25) is 0 Å². The summed E-state index contributed by atoms with van der Waals surface area (Å²) < 4.78 is 5.07. The molecule has 1 fully saturated rings. The zero-order valence-corrected chi connectivity index (χ0v) is 18.6. The van der Waals surface area contributed by atoms with Gasteiger partial charge in [0, 0.05) is 11.6 Å². The molecule has 32 heavy (non-hydrogen) atoms. The van der Waals surface area contributed by atoms with Crippen LogP contribution in [0.5, 0.6) is 0 Å². The Morgan fingerprint density at radius 3 is 2.50 bits per heavy atom. The number of nitrogens with zero attached hydrogens (tertiary/aromatic N) is 2. The second-order valence-electron chi connectivity index (χ2n) is 8.03. The van der Waals surface area contributed by atoms with Gasteiger partial charge in [0.15, 0.2) is 6.61 Å². The highest BCUT2D eigenvalue weighted by Crippen LogP contribution is 2.27. The summed E-state index contributed by atoms with van der Waals surface area (Å²) >= 11 is 5.76. The number of halogens is 1. The van der Waals surface area contributed by atoms with Crippen molar-refractivity contribution in [2.45, 2.75) is 57.5 Å². The average Bonchev–Trinajstić information content (AvgIpc) is 2.76. The molecule has 0 bridgehead atoms. The van der Waals surface area contributed by atoms with Gasteiger partial charge in [-0.05, 0) is 30.9 Å². The number of benzene rings is 1. The normalized spacial score (nSPS) is 15.8. The fourth-order valence-electron chi connectivity index (χ4n) is 3.47. The molecule has 0 aliphatic heterocycles. The first-order chi connectivity index (χ1) is 15.1. The molecule has 0 unspecified atom stereocenters. The van der Waals surface area contributed by atoms with Crippen LogP contribution in [0.3, 0.4) is 0 Å². The van der Waals surface area contributed by atoms with Crippen LogP contribution in [0.4, 0.5) is 5.69 Å². The summed E-state index contributed by atoms with van der Waals surface area (Å²) in [4.78, 5) is 47.6. The Morgan fingerprint density at radius 2 is 1.94 bits per heavy atom. The molecular weight excluding hydrogens is 440 g/mol. The minimum absolute atomic E-state index is 0.0504. The molecule has 2 N–H and O–H groups in total. The standard InChI is InChI=1S/C21H25ClN4O6/c1-13(2)18(24-19(28)14-6-7-15(22)16(10-14)26(30)31)20(29)32-11-17(27)25-21(12-23)8-4-3-5-9-21/h6-7,10,13,18H,3-5,8-9,11H2,1-2H3,(H,24,28)(H,25,27)/t18-/m1/s1. The Morgan fingerprint density at radius 1 is 1.28 bits per heavy atom. The molecule has 1 aromatic rings. The van der Waals surface area contributed by atoms with Crippen LogP contribution >= 0.6 is 11.6 Å². The summed E-state index contributed by atoms with van der Waals surface area (Å²) in [5, 5.41) is 25.5. The van der Waals surface area contributed by atoms with Crippen LogP contribution in [-0.4, -0.2) is 40.9 Å². The quantitative estimate of drug-likeness (QED) is 0.341. The Balaban J connectivity index is 2.00. The smallest absolute Gasteiger partial charge is 0.329 e. The minimum Gasteiger partial charge on any atom is -0.454 e. The average molecular weight is 465 g/mol. The first kappa shape index (κ1) is 25.1. The van der Waals surface area contributed by atoms with Crippen LogP contribution in [0, 0.1) is 27.4 Å². The summed E-state index contributed by atoms with van der Waals surface area (Å²) in [6.45, 7) is 2.75. The monoisotopic (exact) mass is 464 g/mol. The molecule has 1 saturated carbocycles. The van der Waals surface area contributed by atoms with E-state index in [2.05, 4.69) is 16.7 Å². The van der Waals surface area contributed by atoms with Gasteiger partial charge in [-0.15, -0.1) is 0 Å². The molecule has 0 aromatic heterocycles. The Bertz CT molecular complexity index is 937. The summed E-state index contributed by atoms with van der Waals surface area (Å²) in [5.74, 6) is -2.54. The number of nitriles is 1. The maximum absolute atomic E-state index is 12.5. The second kappa shape index (κ2) is 10.9. The first-order valence-electron chi connectivity index (χ1n) is 10.2. The number of amides is 2. The van der Waals surface area contributed by atoms with E-state index in [0.717, 1.165) is 25.3 Å². The van der Waals surface area contributed by atoms with Gasteiger partial charge in [-0.2, -0.15) is 5.26 Å². The lowest BCUT2D eigenvalue weighted by molar-refractivity contribution is -0.384. The molecule has 2 amide bonds. The van der Waals surface area contributed by atoms with Gasteiger partial charge in [0.05, 0.1) is 11.0 Å². The van der Waals surface area contributed by atoms with Gasteiger partial charge in [-0.3, -0.25) is 19.7 Å². The van der Waals surface area contributed by atoms with Crippen molar-refractivity contribution in [3.8, 4) is 6.07 Å². The molecule has 2 rings (SSSR count). The van der Waals surface area contributed by atoms with E-state index in [1.807, 2.05) is 0 Å². The van der Waals surface area contributed by atoms with Gasteiger partial charge in [-0.25, -0.2) is 4.79 Å². The number of carbonyl (C=O) groups excluding carboxylic acids is 3. The number of rotatable bonds is 8. The molecule has 1 aromatic carbocycles. The van der Waals surface area contributed by atoms with E-state index >= 15 is 0 Å². The number of esters is 1. The number of nitro groups is 1. The van der Waals surface area contributed by atoms with E-state index in [1.54, 1.807) is 13.8 Å². The van der Waals surface area contributed by atoms with Crippen LogP contribution in [0.15, 0.2) is 18.2 Å². The number of hydrogen-bond acceptors (Lipinski definition) is 7. The second-order valence-corrected chi connectivity index (χ2v) is 8.44. The third kappa shape index (κ3) is 6.40. The summed E-state index contributed by atoms with van der Waals surface area (Å²) in [6, 6.07) is 4.59. The van der Waals surface area contributed by atoms with E-state index in [1.165, 1.54) is 12.1 Å². The third-order valence-electron chi connectivity index (χ3n) is 5.26. The van der Waals surface area contributed by atoms with Crippen molar-refractivity contribution in [3.63, 3.8) is 0 Å². The van der Waals surface area contributed by atoms with E-state index in [0.29, 0.717) is 12.8 Å². The molecule has 0 spiro atoms. The molecule has 0 radical (unpaired) electrons. The highest BCUT2D eigenvalue weighted by atomic mass is 35.5. The predicted molar refractivity (Wildman–Crippen MR) is 115 cm³/mol. The lowest BCUT2D eigenvalue weighted by Gasteiger charge is -2.31. The van der Waals surface area contributed by atoms with Crippen molar-refractivity contribution >= 4 is 35.1 Å². The Labute approximate surface area is 190 Å². The number of hydrogen-bond donors (Lipinski definition) is 2. The van der Waals surface area contributed by atoms with Gasteiger partial charge < -0.3 is 15.4 Å². The van der Waals surface area contributed by atoms with Crippen LogP contribution < -0.4 is 10.6 Å². The molecule has 1 aliphatic rings. The zero-order chi connectivity index (χ0) is 23.9. The van der Waals surface area contributed by atoms with Crippen LogP contribution in [0.2, 0.25) is 5.02 Å². The lowest BCUT2D eigenvalue weighted by atomic mass is 9.83. The first-order valence-corrected chi connectivity index (χ1v) is 10.6.